The van der Waals surface area contributed by atoms with Gasteiger partial charge in [-0.25, -0.2) is 4.98 Å². The first-order valence-corrected chi connectivity index (χ1v) is 11.1. The molecule has 2 aromatic carbocycles. The predicted molar refractivity (Wildman–Crippen MR) is 123 cm³/mol. The van der Waals surface area contributed by atoms with Gasteiger partial charge in [-0.15, -0.1) is 0 Å². The second kappa shape index (κ2) is 9.88. The average molecular weight is 419 g/mol. The number of aromatic amines is 1. The topological polar surface area (TPSA) is 78.1 Å². The fourth-order valence-corrected chi connectivity index (χ4v) is 4.16. The van der Waals surface area contributed by atoms with Gasteiger partial charge >= 0.3 is 0 Å². The second-order valence-electron chi connectivity index (χ2n) is 8.44. The molecule has 31 heavy (non-hydrogen) atoms. The fraction of sp³-hybridized carbons (Fsp3) is 0.400. The standard InChI is InChI=1S/C25H30N4O2/c1-18-6-4-5-15-29(18)17-20-11-9-19(10-12-20)16-26-24(30)14-13-23-27-22-8-3-2-7-21(22)25(31)28-23/h2-3,7-12,18H,4-6,13-17H2,1H3,(H,26,30)(H,27,28,31). The lowest BCUT2D eigenvalue weighted by molar-refractivity contribution is -0.121. The van der Waals surface area contributed by atoms with Gasteiger partial charge in [0.2, 0.25) is 5.91 Å². The van der Waals surface area contributed by atoms with Gasteiger partial charge in [-0.2, -0.15) is 0 Å². The third-order valence-electron chi connectivity index (χ3n) is 6.09. The number of hydrogen-bond donors (Lipinski definition) is 2. The lowest BCUT2D eigenvalue weighted by Crippen LogP contribution is -2.36. The molecule has 0 spiro atoms. The zero-order valence-electron chi connectivity index (χ0n) is 18.1. The third-order valence-corrected chi connectivity index (χ3v) is 6.09. The van der Waals surface area contributed by atoms with E-state index >= 15 is 0 Å². The molecule has 0 aliphatic carbocycles. The summed E-state index contributed by atoms with van der Waals surface area (Å²) in [5, 5.41) is 3.52. The molecule has 0 radical (unpaired) electrons. The number of rotatable bonds is 7. The van der Waals surface area contributed by atoms with Crippen molar-refractivity contribution < 1.29 is 4.79 Å². The highest BCUT2D eigenvalue weighted by Gasteiger charge is 2.18. The molecule has 6 heteroatoms. The zero-order chi connectivity index (χ0) is 21.6. The van der Waals surface area contributed by atoms with Crippen LogP contribution < -0.4 is 10.9 Å². The molecule has 1 saturated heterocycles. The number of aromatic nitrogens is 2. The molecule has 1 aromatic heterocycles. The number of nitrogens with one attached hydrogen (secondary N) is 2. The van der Waals surface area contributed by atoms with Crippen LogP contribution >= 0.6 is 0 Å². The highest BCUT2D eigenvalue weighted by atomic mass is 16.1. The number of benzene rings is 2. The maximum Gasteiger partial charge on any atom is 0.258 e. The summed E-state index contributed by atoms with van der Waals surface area (Å²) >= 11 is 0. The molecule has 6 nitrogen and oxygen atoms in total. The Morgan fingerprint density at radius 2 is 1.90 bits per heavy atom. The Bertz CT molecular complexity index is 1090. The third kappa shape index (κ3) is 5.58. The Morgan fingerprint density at radius 1 is 1.13 bits per heavy atom. The van der Waals surface area contributed by atoms with Crippen LogP contribution in [0.2, 0.25) is 0 Å². The van der Waals surface area contributed by atoms with Crippen molar-refractivity contribution in [3.05, 3.63) is 75.8 Å². The Balaban J connectivity index is 1.25. The summed E-state index contributed by atoms with van der Waals surface area (Å²) in [4.78, 5) is 34.2. The van der Waals surface area contributed by atoms with Gasteiger partial charge in [0.1, 0.15) is 5.82 Å². The van der Waals surface area contributed by atoms with Gasteiger partial charge in [-0.3, -0.25) is 14.5 Å². The maximum absolute atomic E-state index is 12.3. The molecule has 162 valence electrons. The molecule has 2 N–H and O–H groups in total. The van der Waals surface area contributed by atoms with Crippen LogP contribution in [0.15, 0.2) is 53.3 Å². The van der Waals surface area contributed by atoms with Crippen LogP contribution in [-0.2, 0) is 24.3 Å². The van der Waals surface area contributed by atoms with E-state index in [0.717, 1.165) is 12.1 Å². The molecule has 1 aliphatic rings. The number of nitrogens with zero attached hydrogens (tertiary/aromatic N) is 2. The first-order valence-electron chi connectivity index (χ1n) is 11.1. The minimum atomic E-state index is -0.167. The molecular formula is C25H30N4O2. The smallest absolute Gasteiger partial charge is 0.258 e. The number of fused-ring (bicyclic) bond motifs is 1. The Labute approximate surface area is 182 Å². The number of H-pyrrole nitrogens is 1. The minimum absolute atomic E-state index is 0.0537. The van der Waals surface area contributed by atoms with Gasteiger partial charge in [0.15, 0.2) is 0 Å². The maximum atomic E-state index is 12.3. The van der Waals surface area contributed by atoms with Crippen LogP contribution in [-0.4, -0.2) is 33.4 Å². The summed E-state index contributed by atoms with van der Waals surface area (Å²) in [6.45, 7) is 4.98. The van der Waals surface area contributed by atoms with E-state index in [1.165, 1.54) is 31.4 Å². The van der Waals surface area contributed by atoms with Crippen molar-refractivity contribution >= 4 is 16.8 Å². The number of hydrogen-bond acceptors (Lipinski definition) is 4. The Morgan fingerprint density at radius 3 is 2.71 bits per heavy atom. The van der Waals surface area contributed by atoms with Crippen LogP contribution in [0.4, 0.5) is 0 Å². The van der Waals surface area contributed by atoms with Gasteiger partial charge in [0.05, 0.1) is 10.9 Å². The van der Waals surface area contributed by atoms with E-state index in [1.807, 2.05) is 18.2 Å². The van der Waals surface area contributed by atoms with E-state index in [4.69, 9.17) is 0 Å². The molecule has 1 fully saturated rings. The molecule has 3 aromatic rings. The van der Waals surface area contributed by atoms with Gasteiger partial charge < -0.3 is 10.3 Å². The van der Waals surface area contributed by atoms with E-state index in [9.17, 15) is 9.59 Å². The lowest BCUT2D eigenvalue weighted by Gasteiger charge is -2.33. The predicted octanol–water partition coefficient (Wildman–Crippen LogP) is 3.55. The molecule has 0 saturated carbocycles. The summed E-state index contributed by atoms with van der Waals surface area (Å²) in [5.41, 5.74) is 2.89. The van der Waals surface area contributed by atoms with E-state index in [-0.39, 0.29) is 17.9 Å². The SMILES string of the molecule is CC1CCCCN1Cc1ccc(CNC(=O)CCc2nc3ccccc3c(=O)[nH]2)cc1. The van der Waals surface area contributed by atoms with Gasteiger partial charge in [-0.05, 0) is 49.6 Å². The van der Waals surface area contributed by atoms with Gasteiger partial charge in [-0.1, -0.05) is 42.8 Å². The Kier molecular flexibility index (Phi) is 6.77. The number of carbonyl (C=O) groups excluding carboxylic acids is 1. The average Bonchev–Trinajstić information content (AvgIpc) is 2.79. The number of carbonyl (C=O) groups is 1. The minimum Gasteiger partial charge on any atom is -0.352 e. The fourth-order valence-electron chi connectivity index (χ4n) is 4.16. The van der Waals surface area contributed by atoms with Gasteiger partial charge in [0, 0.05) is 32.0 Å². The highest BCUT2D eigenvalue weighted by molar-refractivity contribution is 5.78. The van der Waals surface area contributed by atoms with Crippen molar-refractivity contribution in [2.45, 2.75) is 58.2 Å². The summed E-state index contributed by atoms with van der Waals surface area (Å²) in [6, 6.07) is 16.4. The molecule has 0 bridgehead atoms. The molecule has 1 aliphatic heterocycles. The van der Waals surface area contributed by atoms with Crippen LogP contribution in [0.1, 0.15) is 49.6 Å². The second-order valence-corrected chi connectivity index (χ2v) is 8.44. The largest absolute Gasteiger partial charge is 0.352 e. The normalized spacial score (nSPS) is 17.0. The van der Waals surface area contributed by atoms with Crippen LogP contribution in [0.5, 0.6) is 0 Å². The number of likely N-dealkylation sites (tertiary alicyclic amines) is 1. The quantitative estimate of drug-likeness (QED) is 0.615. The number of aryl methyl sites for hydroxylation is 1. The highest BCUT2D eigenvalue weighted by Crippen LogP contribution is 2.19. The van der Waals surface area contributed by atoms with Crippen LogP contribution in [0.25, 0.3) is 10.9 Å². The van der Waals surface area contributed by atoms with Crippen molar-refractivity contribution in [1.29, 1.82) is 0 Å². The summed E-state index contributed by atoms with van der Waals surface area (Å²) in [6.07, 6.45) is 4.60. The van der Waals surface area contributed by atoms with Crippen molar-refractivity contribution in [2.24, 2.45) is 0 Å². The summed E-state index contributed by atoms with van der Waals surface area (Å²) < 4.78 is 0. The molecule has 2 heterocycles. The van der Waals surface area contributed by atoms with Crippen molar-refractivity contribution in [2.75, 3.05) is 6.54 Å². The van der Waals surface area contributed by atoms with Crippen LogP contribution in [0, 0.1) is 0 Å². The lowest BCUT2D eigenvalue weighted by atomic mass is 10.0. The summed E-state index contributed by atoms with van der Waals surface area (Å²) in [5.74, 6) is 0.483. The van der Waals surface area contributed by atoms with Gasteiger partial charge in [0.25, 0.3) is 5.56 Å². The van der Waals surface area contributed by atoms with Crippen molar-refractivity contribution in [3.8, 4) is 0 Å². The van der Waals surface area contributed by atoms with E-state index in [1.54, 1.807) is 6.07 Å². The molecule has 1 atom stereocenters. The molecule has 1 amide bonds. The van der Waals surface area contributed by atoms with E-state index < -0.39 is 0 Å². The number of para-hydroxylation sites is 1. The first kappa shape index (κ1) is 21.2. The van der Waals surface area contributed by atoms with E-state index in [0.29, 0.717) is 35.7 Å². The Hall–Kier alpha value is -2.99. The molecule has 4 rings (SSSR count). The van der Waals surface area contributed by atoms with E-state index in [2.05, 4.69) is 51.4 Å². The molecular weight excluding hydrogens is 388 g/mol. The molecule has 1 unspecified atom stereocenters. The van der Waals surface area contributed by atoms with Crippen LogP contribution in [0.3, 0.4) is 0 Å². The monoisotopic (exact) mass is 418 g/mol. The zero-order valence-corrected chi connectivity index (χ0v) is 18.1. The first-order chi connectivity index (χ1) is 15.1. The number of amides is 1. The van der Waals surface area contributed by atoms with Crippen molar-refractivity contribution in [3.63, 3.8) is 0 Å². The van der Waals surface area contributed by atoms with Crippen molar-refractivity contribution in [1.82, 2.24) is 20.2 Å². The number of piperidine rings is 1. The summed E-state index contributed by atoms with van der Waals surface area (Å²) in [7, 11) is 0.